The van der Waals surface area contributed by atoms with Crippen molar-refractivity contribution < 1.29 is 13.2 Å². The third kappa shape index (κ3) is 4.84. The van der Waals surface area contributed by atoms with Crippen molar-refractivity contribution >= 4 is 32.7 Å². The molecule has 4 aromatic heterocycles. The highest BCUT2D eigenvalue weighted by Crippen LogP contribution is 2.42. The van der Waals surface area contributed by atoms with Gasteiger partial charge in [-0.15, -0.1) is 11.3 Å². The Morgan fingerprint density at radius 1 is 0.778 bits per heavy atom. The van der Waals surface area contributed by atoms with Crippen LogP contribution in [0.3, 0.4) is 0 Å². The van der Waals surface area contributed by atoms with Gasteiger partial charge in [-0.3, -0.25) is 13.9 Å². The lowest BCUT2D eigenvalue weighted by Crippen LogP contribution is -2.38. The van der Waals surface area contributed by atoms with E-state index in [1.54, 1.807) is 18.3 Å². The number of primary amides is 1. The van der Waals surface area contributed by atoms with Crippen molar-refractivity contribution in [3.05, 3.63) is 156 Å². The molecular weight excluding hydrogens is 603 g/mol. The molecule has 0 radical (unpaired) electrons. The van der Waals surface area contributed by atoms with Crippen molar-refractivity contribution in [2.24, 2.45) is 5.73 Å². The molecule has 0 aliphatic heterocycles. The molecule has 3 aromatic carbocycles. The summed E-state index contributed by atoms with van der Waals surface area (Å²) in [4.78, 5) is 18.3. The predicted molar refractivity (Wildman–Crippen MR) is 176 cm³/mol. The van der Waals surface area contributed by atoms with Gasteiger partial charge in [0.05, 0.1) is 16.8 Å². The number of fused-ring (bicyclic) bond motifs is 1. The van der Waals surface area contributed by atoms with Gasteiger partial charge in [0.15, 0.2) is 15.5 Å². The van der Waals surface area contributed by atoms with E-state index in [-0.39, 0.29) is 9.90 Å². The zero-order chi connectivity index (χ0) is 31.2. The first-order chi connectivity index (χ1) is 21.8. The van der Waals surface area contributed by atoms with E-state index in [4.69, 9.17) is 10.8 Å². The zero-order valence-corrected chi connectivity index (χ0v) is 25.7. The second kappa shape index (κ2) is 11.0. The second-order valence-corrected chi connectivity index (χ2v) is 14.0. The molecule has 7 rings (SSSR count). The Morgan fingerprint density at radius 3 is 1.87 bits per heavy atom. The molecule has 0 aliphatic rings. The first-order valence-electron chi connectivity index (χ1n) is 14.1. The molecule has 0 unspecified atom stereocenters. The van der Waals surface area contributed by atoms with Crippen molar-refractivity contribution in [3.63, 3.8) is 0 Å². The molecular formula is C35H27N5O3S2. The van der Waals surface area contributed by atoms with Crippen LogP contribution in [-0.4, -0.2) is 39.7 Å². The van der Waals surface area contributed by atoms with E-state index < -0.39 is 21.3 Å². The molecule has 8 nitrogen and oxygen atoms in total. The smallest absolute Gasteiger partial charge is 0.269 e. The molecule has 222 valence electrons. The number of aromatic nitrogens is 4. The fourth-order valence-electron chi connectivity index (χ4n) is 5.85. The number of hydrogen-bond acceptors (Lipinski definition) is 6. The average Bonchev–Trinajstić information content (AvgIpc) is 3.82. The normalized spacial score (nSPS) is 12.0. The lowest BCUT2D eigenvalue weighted by atomic mass is 9.77. The Balaban J connectivity index is 1.47. The number of pyridine rings is 1. The van der Waals surface area contributed by atoms with Crippen LogP contribution in [0.25, 0.3) is 27.3 Å². The lowest BCUT2D eigenvalue weighted by molar-refractivity contribution is 0.0995. The summed E-state index contributed by atoms with van der Waals surface area (Å²) < 4.78 is 28.3. The number of hydrogen-bond donors (Lipinski definition) is 1. The minimum atomic E-state index is -3.35. The number of rotatable bonds is 8. The topological polar surface area (TPSA) is 112 Å². The molecule has 2 N–H and O–H groups in total. The number of benzene rings is 3. The zero-order valence-electron chi connectivity index (χ0n) is 24.1. The monoisotopic (exact) mass is 629 g/mol. The maximum absolute atomic E-state index is 13.0. The molecule has 1 amide bonds. The number of imidazole rings is 1. The molecule has 0 fully saturated rings. The van der Waals surface area contributed by atoms with Gasteiger partial charge in [0.2, 0.25) is 0 Å². The second-order valence-electron chi connectivity index (χ2n) is 10.7. The minimum absolute atomic E-state index is 0.124. The molecule has 4 heterocycles. The molecule has 0 spiro atoms. The summed E-state index contributed by atoms with van der Waals surface area (Å²) in [6, 6.07) is 37.3. The molecule has 0 saturated heterocycles. The molecule has 0 bridgehead atoms. The van der Waals surface area contributed by atoms with Crippen LogP contribution >= 0.6 is 11.3 Å². The van der Waals surface area contributed by atoms with Crippen LogP contribution in [0.4, 0.5) is 0 Å². The van der Waals surface area contributed by atoms with Crippen LogP contribution < -0.4 is 5.73 Å². The first kappa shape index (κ1) is 28.5. The minimum Gasteiger partial charge on any atom is -0.364 e. The van der Waals surface area contributed by atoms with E-state index in [2.05, 4.69) is 41.4 Å². The van der Waals surface area contributed by atoms with E-state index in [1.807, 2.05) is 88.2 Å². The van der Waals surface area contributed by atoms with Gasteiger partial charge < -0.3 is 5.73 Å². The predicted octanol–water partition coefficient (Wildman–Crippen LogP) is 6.27. The first-order valence-corrected chi connectivity index (χ1v) is 16.8. The van der Waals surface area contributed by atoms with E-state index in [9.17, 15) is 13.2 Å². The van der Waals surface area contributed by atoms with Gasteiger partial charge in [0.25, 0.3) is 5.91 Å². The van der Waals surface area contributed by atoms with Crippen molar-refractivity contribution in [3.8, 4) is 21.7 Å². The maximum Gasteiger partial charge on any atom is 0.269 e. The van der Waals surface area contributed by atoms with Gasteiger partial charge in [-0.25, -0.2) is 13.4 Å². The van der Waals surface area contributed by atoms with Gasteiger partial charge >= 0.3 is 0 Å². The van der Waals surface area contributed by atoms with E-state index in [0.717, 1.165) is 27.3 Å². The van der Waals surface area contributed by atoms with E-state index in [1.165, 1.54) is 17.6 Å². The third-order valence-corrected chi connectivity index (χ3v) is 10.8. The number of nitrogens with zero attached hydrogens (tertiary/aromatic N) is 4. The SMILES string of the molecule is CS(=O)(=O)c1ccc(-c2cnc3ccc(-c4cn(C(c5ccccc5)(c5ccccc5)c5ccccc5)nc4C(N)=O)cn23)s1. The number of carbonyl (C=O) groups is 1. The Hall–Kier alpha value is -5.32. The summed E-state index contributed by atoms with van der Waals surface area (Å²) in [6.07, 6.45) is 6.65. The summed E-state index contributed by atoms with van der Waals surface area (Å²) in [7, 11) is -3.35. The maximum atomic E-state index is 13.0. The van der Waals surface area contributed by atoms with Crippen molar-refractivity contribution in [1.29, 1.82) is 0 Å². The standard InChI is InChI=1S/C35H27N5O3S2/c1-45(42,43)32-20-18-30(44-32)29-21-37-31-19-17-24(22-39(29)31)28-23-40(38-33(28)34(36)41)35(25-11-5-2-6-12-25,26-13-7-3-8-14-26)27-15-9-4-10-16-27/h2-23H,1H3,(H2,36,41). The fourth-order valence-corrected chi connectivity index (χ4v) is 7.79. The number of carbonyl (C=O) groups excluding carboxylic acids is 1. The summed E-state index contributed by atoms with van der Waals surface area (Å²) in [5, 5.41) is 4.92. The Labute approximate surface area is 264 Å². The summed E-state index contributed by atoms with van der Waals surface area (Å²) in [5.74, 6) is -0.658. The van der Waals surface area contributed by atoms with Crippen LogP contribution in [0, 0.1) is 0 Å². The van der Waals surface area contributed by atoms with Crippen LogP contribution in [0.5, 0.6) is 0 Å². The van der Waals surface area contributed by atoms with E-state index in [0.29, 0.717) is 16.8 Å². The molecule has 0 atom stereocenters. The van der Waals surface area contributed by atoms with Gasteiger partial charge in [0, 0.05) is 29.8 Å². The van der Waals surface area contributed by atoms with Crippen molar-refractivity contribution in [2.45, 2.75) is 9.75 Å². The third-order valence-electron chi connectivity index (χ3n) is 7.88. The number of nitrogens with two attached hydrogens (primary N) is 1. The van der Waals surface area contributed by atoms with E-state index >= 15 is 0 Å². The Bertz CT molecular complexity index is 2180. The largest absolute Gasteiger partial charge is 0.364 e. The molecule has 7 aromatic rings. The van der Waals surface area contributed by atoms with Crippen LogP contribution in [0.15, 0.2) is 138 Å². The number of amides is 1. The Morgan fingerprint density at radius 2 is 1.36 bits per heavy atom. The fraction of sp³-hybridized carbons (Fsp3) is 0.0571. The highest BCUT2D eigenvalue weighted by Gasteiger charge is 2.40. The van der Waals surface area contributed by atoms with Crippen LogP contribution in [0.2, 0.25) is 0 Å². The Kier molecular flexibility index (Phi) is 6.95. The van der Waals surface area contributed by atoms with Gasteiger partial charge in [0.1, 0.15) is 15.4 Å². The lowest BCUT2D eigenvalue weighted by Gasteiger charge is -2.36. The molecule has 0 aliphatic carbocycles. The van der Waals surface area contributed by atoms with Gasteiger partial charge in [-0.1, -0.05) is 91.0 Å². The number of sulfone groups is 1. The quantitative estimate of drug-likeness (QED) is 0.199. The summed E-state index contributed by atoms with van der Waals surface area (Å²) >= 11 is 1.18. The van der Waals surface area contributed by atoms with Crippen molar-refractivity contribution in [1.82, 2.24) is 19.2 Å². The summed E-state index contributed by atoms with van der Waals surface area (Å²) in [6.45, 7) is 0. The summed E-state index contributed by atoms with van der Waals surface area (Å²) in [5.41, 5.74) is 10.7. The van der Waals surface area contributed by atoms with Gasteiger partial charge in [-0.2, -0.15) is 5.10 Å². The average molecular weight is 630 g/mol. The number of thiophene rings is 1. The van der Waals surface area contributed by atoms with Crippen LogP contribution in [0.1, 0.15) is 27.2 Å². The molecule has 45 heavy (non-hydrogen) atoms. The highest BCUT2D eigenvalue weighted by atomic mass is 32.2. The molecule has 0 saturated carbocycles. The van der Waals surface area contributed by atoms with Gasteiger partial charge in [-0.05, 0) is 41.0 Å². The highest BCUT2D eigenvalue weighted by molar-refractivity contribution is 7.92. The van der Waals surface area contributed by atoms with Crippen molar-refractivity contribution in [2.75, 3.05) is 6.26 Å². The molecule has 10 heteroatoms. The van der Waals surface area contributed by atoms with Crippen LogP contribution in [-0.2, 0) is 15.4 Å².